The van der Waals surface area contributed by atoms with Crippen molar-refractivity contribution in [1.82, 2.24) is 0 Å². The van der Waals surface area contributed by atoms with Crippen LogP contribution in [0.15, 0.2) is 40.8 Å². The van der Waals surface area contributed by atoms with E-state index in [1.807, 2.05) is 51.1 Å². The number of benzene rings is 1. The Morgan fingerprint density at radius 1 is 1.16 bits per heavy atom. The molecule has 2 rings (SSSR count). The number of hydrogen-bond donors (Lipinski definition) is 1. The summed E-state index contributed by atoms with van der Waals surface area (Å²) in [5.41, 5.74) is 3.08. The predicted octanol–water partition coefficient (Wildman–Crippen LogP) is 3.86. The van der Waals surface area contributed by atoms with E-state index in [0.29, 0.717) is 5.76 Å². The van der Waals surface area contributed by atoms with Crippen molar-refractivity contribution in [3.8, 4) is 0 Å². The maximum atomic E-state index is 11.8. The van der Waals surface area contributed by atoms with Crippen LogP contribution in [-0.4, -0.2) is 5.91 Å². The molecule has 1 N–H and O–H groups in total. The topological polar surface area (TPSA) is 42.2 Å². The molecule has 1 aromatic carbocycles. The summed E-state index contributed by atoms with van der Waals surface area (Å²) < 4.78 is 5.36. The number of anilines is 1. The second kappa shape index (κ2) is 5.57. The van der Waals surface area contributed by atoms with E-state index in [1.165, 1.54) is 6.08 Å². The highest BCUT2D eigenvalue weighted by atomic mass is 16.3. The molecule has 0 unspecified atom stereocenters. The van der Waals surface area contributed by atoms with Gasteiger partial charge in [0, 0.05) is 11.8 Å². The Labute approximate surface area is 112 Å². The third-order valence-corrected chi connectivity index (χ3v) is 3.02. The number of carbonyl (C=O) groups is 1. The van der Waals surface area contributed by atoms with Gasteiger partial charge in [0.15, 0.2) is 0 Å². The van der Waals surface area contributed by atoms with Gasteiger partial charge in [-0.3, -0.25) is 4.79 Å². The van der Waals surface area contributed by atoms with Crippen LogP contribution in [0.25, 0.3) is 6.08 Å². The SMILES string of the molecule is Cc1ccc(/C=C/C(=O)Nc2cccc(C)c2C)o1. The molecule has 0 bridgehead atoms. The number of aryl methyl sites for hydroxylation is 2. The fourth-order valence-electron chi connectivity index (χ4n) is 1.76. The molecule has 0 radical (unpaired) electrons. The van der Waals surface area contributed by atoms with Crippen LogP contribution >= 0.6 is 0 Å². The summed E-state index contributed by atoms with van der Waals surface area (Å²) in [6, 6.07) is 9.54. The first-order valence-electron chi connectivity index (χ1n) is 6.18. The summed E-state index contributed by atoms with van der Waals surface area (Å²) >= 11 is 0. The molecular weight excluding hydrogens is 238 g/mol. The van der Waals surface area contributed by atoms with Crippen LogP contribution < -0.4 is 5.32 Å². The zero-order valence-corrected chi connectivity index (χ0v) is 11.4. The van der Waals surface area contributed by atoms with Crippen molar-refractivity contribution in [3.63, 3.8) is 0 Å². The molecule has 1 aromatic heterocycles. The van der Waals surface area contributed by atoms with Crippen molar-refractivity contribution in [2.75, 3.05) is 5.32 Å². The fourth-order valence-corrected chi connectivity index (χ4v) is 1.76. The van der Waals surface area contributed by atoms with Crippen LogP contribution in [0, 0.1) is 20.8 Å². The number of hydrogen-bond acceptors (Lipinski definition) is 2. The molecule has 1 heterocycles. The number of carbonyl (C=O) groups excluding carboxylic acids is 1. The monoisotopic (exact) mass is 255 g/mol. The van der Waals surface area contributed by atoms with Crippen LogP contribution in [0.3, 0.4) is 0 Å². The van der Waals surface area contributed by atoms with Crippen LogP contribution in [0.1, 0.15) is 22.6 Å². The van der Waals surface area contributed by atoms with Crippen molar-refractivity contribution in [2.24, 2.45) is 0 Å². The van der Waals surface area contributed by atoms with Crippen LogP contribution in [0.4, 0.5) is 5.69 Å². The lowest BCUT2D eigenvalue weighted by molar-refractivity contribution is -0.111. The van der Waals surface area contributed by atoms with Gasteiger partial charge in [0.05, 0.1) is 0 Å². The minimum atomic E-state index is -0.164. The van der Waals surface area contributed by atoms with Crippen LogP contribution in [-0.2, 0) is 4.79 Å². The minimum Gasteiger partial charge on any atom is -0.462 e. The Morgan fingerprint density at radius 2 is 1.95 bits per heavy atom. The van der Waals surface area contributed by atoms with E-state index in [2.05, 4.69) is 5.32 Å². The summed E-state index contributed by atoms with van der Waals surface area (Å²) in [5, 5.41) is 2.86. The molecule has 0 aliphatic carbocycles. The molecule has 0 aliphatic heterocycles. The molecule has 0 saturated carbocycles. The summed E-state index contributed by atoms with van der Waals surface area (Å²) in [6.45, 7) is 5.88. The maximum absolute atomic E-state index is 11.8. The van der Waals surface area contributed by atoms with Gasteiger partial charge in [0.1, 0.15) is 11.5 Å². The smallest absolute Gasteiger partial charge is 0.248 e. The average Bonchev–Trinajstić information content (AvgIpc) is 2.78. The van der Waals surface area contributed by atoms with E-state index in [0.717, 1.165) is 22.6 Å². The molecule has 3 heteroatoms. The number of furan rings is 1. The van der Waals surface area contributed by atoms with E-state index in [9.17, 15) is 4.79 Å². The lowest BCUT2D eigenvalue weighted by Crippen LogP contribution is -2.09. The van der Waals surface area contributed by atoms with Gasteiger partial charge in [-0.1, -0.05) is 12.1 Å². The van der Waals surface area contributed by atoms with E-state index in [4.69, 9.17) is 4.42 Å². The van der Waals surface area contributed by atoms with Gasteiger partial charge in [-0.05, 0) is 56.2 Å². The summed E-state index contributed by atoms with van der Waals surface area (Å²) in [4.78, 5) is 11.8. The first-order chi connectivity index (χ1) is 9.06. The highest BCUT2D eigenvalue weighted by Gasteiger charge is 2.03. The second-order valence-corrected chi connectivity index (χ2v) is 4.52. The number of rotatable bonds is 3. The Kier molecular flexibility index (Phi) is 3.85. The Morgan fingerprint density at radius 3 is 2.63 bits per heavy atom. The summed E-state index contributed by atoms with van der Waals surface area (Å²) in [7, 11) is 0. The molecule has 3 nitrogen and oxygen atoms in total. The van der Waals surface area contributed by atoms with Crippen molar-refractivity contribution in [3.05, 3.63) is 59.1 Å². The highest BCUT2D eigenvalue weighted by molar-refractivity contribution is 6.02. The van der Waals surface area contributed by atoms with Gasteiger partial charge < -0.3 is 9.73 Å². The lowest BCUT2D eigenvalue weighted by Gasteiger charge is -2.08. The summed E-state index contributed by atoms with van der Waals surface area (Å²) in [5.74, 6) is 1.34. The molecule has 0 fully saturated rings. The lowest BCUT2D eigenvalue weighted by atomic mass is 10.1. The fraction of sp³-hybridized carbons (Fsp3) is 0.188. The van der Waals surface area contributed by atoms with E-state index < -0.39 is 0 Å². The van der Waals surface area contributed by atoms with Gasteiger partial charge >= 0.3 is 0 Å². The van der Waals surface area contributed by atoms with E-state index in [-0.39, 0.29) is 5.91 Å². The quantitative estimate of drug-likeness (QED) is 0.846. The van der Waals surface area contributed by atoms with E-state index in [1.54, 1.807) is 6.08 Å². The first kappa shape index (κ1) is 13.1. The van der Waals surface area contributed by atoms with Gasteiger partial charge in [-0.25, -0.2) is 0 Å². The Balaban J connectivity index is 2.05. The highest BCUT2D eigenvalue weighted by Crippen LogP contribution is 2.18. The number of amides is 1. The molecule has 0 aliphatic rings. The van der Waals surface area contributed by atoms with Gasteiger partial charge in [0.2, 0.25) is 5.91 Å². The molecular formula is C16H17NO2. The zero-order chi connectivity index (χ0) is 13.8. The van der Waals surface area contributed by atoms with Gasteiger partial charge in [0.25, 0.3) is 0 Å². The molecule has 98 valence electrons. The third-order valence-electron chi connectivity index (χ3n) is 3.02. The molecule has 19 heavy (non-hydrogen) atoms. The third kappa shape index (κ3) is 3.35. The average molecular weight is 255 g/mol. The molecule has 0 spiro atoms. The molecule has 0 atom stereocenters. The van der Waals surface area contributed by atoms with E-state index >= 15 is 0 Å². The standard InChI is InChI=1S/C16H17NO2/c1-11-5-4-6-15(13(11)3)17-16(18)10-9-14-8-7-12(2)19-14/h4-10H,1-3H3,(H,17,18)/b10-9+. The number of nitrogens with one attached hydrogen (secondary N) is 1. The largest absolute Gasteiger partial charge is 0.462 e. The molecule has 0 saturated heterocycles. The molecule has 2 aromatic rings. The Hall–Kier alpha value is -2.29. The maximum Gasteiger partial charge on any atom is 0.248 e. The minimum absolute atomic E-state index is 0.164. The zero-order valence-electron chi connectivity index (χ0n) is 11.4. The van der Waals surface area contributed by atoms with Crippen molar-refractivity contribution < 1.29 is 9.21 Å². The summed E-state index contributed by atoms with van der Waals surface area (Å²) in [6.07, 6.45) is 3.13. The van der Waals surface area contributed by atoms with Crippen LogP contribution in [0.2, 0.25) is 0 Å². The van der Waals surface area contributed by atoms with Crippen molar-refractivity contribution in [1.29, 1.82) is 0 Å². The first-order valence-corrected chi connectivity index (χ1v) is 6.18. The second-order valence-electron chi connectivity index (χ2n) is 4.52. The van der Waals surface area contributed by atoms with Crippen LogP contribution in [0.5, 0.6) is 0 Å². The molecule has 1 amide bonds. The Bertz CT molecular complexity index is 623. The van der Waals surface area contributed by atoms with Gasteiger partial charge in [-0.2, -0.15) is 0 Å². The van der Waals surface area contributed by atoms with Crippen molar-refractivity contribution in [2.45, 2.75) is 20.8 Å². The van der Waals surface area contributed by atoms with Gasteiger partial charge in [-0.15, -0.1) is 0 Å². The van der Waals surface area contributed by atoms with Crippen molar-refractivity contribution >= 4 is 17.7 Å². The normalized spacial score (nSPS) is 10.9. The predicted molar refractivity (Wildman–Crippen MR) is 77.0 cm³/mol.